The van der Waals surface area contributed by atoms with E-state index in [1.54, 1.807) is 48.5 Å². The van der Waals surface area contributed by atoms with Crippen molar-refractivity contribution in [2.75, 3.05) is 6.61 Å². The molecule has 0 unspecified atom stereocenters. The predicted molar refractivity (Wildman–Crippen MR) is 161 cm³/mol. The molecule has 0 saturated heterocycles. The number of sulfone groups is 1. The molecule has 3 N–H and O–H groups in total. The van der Waals surface area contributed by atoms with E-state index in [1.807, 2.05) is 6.07 Å². The van der Waals surface area contributed by atoms with E-state index in [0.29, 0.717) is 24.6 Å². The Morgan fingerprint density at radius 2 is 1.68 bits per heavy atom. The molecule has 1 aliphatic heterocycles. The van der Waals surface area contributed by atoms with Gasteiger partial charge in [0.25, 0.3) is 5.91 Å². The molecule has 1 amide bonds. The fraction of sp³-hybridized carbons (Fsp3) is 0.485. The Bertz CT molecular complexity index is 1420. The highest BCUT2D eigenvalue weighted by molar-refractivity contribution is 7.91. The first-order valence-corrected chi connectivity index (χ1v) is 16.7. The van der Waals surface area contributed by atoms with Crippen LogP contribution in [0.3, 0.4) is 0 Å². The zero-order valence-electron chi connectivity index (χ0n) is 24.1. The summed E-state index contributed by atoms with van der Waals surface area (Å²) in [7, 11) is -3.68. The number of aromatic amines is 1. The average Bonchev–Trinajstić information content (AvgIpc) is 3.45. The summed E-state index contributed by atoms with van der Waals surface area (Å²) in [6.07, 6.45) is 13.1. The van der Waals surface area contributed by atoms with E-state index in [4.69, 9.17) is 4.74 Å². The number of carbonyl (C=O) groups is 1. The number of nitrogens with one attached hydrogen (secondary N) is 3. The number of benzene rings is 2. The Labute approximate surface area is 244 Å². The molecule has 1 aliphatic carbocycles. The van der Waals surface area contributed by atoms with Crippen molar-refractivity contribution in [1.82, 2.24) is 15.6 Å². The Morgan fingerprint density at radius 3 is 2.41 bits per heavy atom. The van der Waals surface area contributed by atoms with Gasteiger partial charge in [-0.05, 0) is 66.8 Å². The van der Waals surface area contributed by atoms with Gasteiger partial charge in [0.15, 0.2) is 0 Å². The standard InChI is InChI=1S/C33H43N3O4S/c1-2-3-19-40-27-11-10-12-29(21-27)41(38,39)28-15-13-25(14-16-28)23-34-32(37)30-20-26-24-35-33(22-31(26)36-30)17-8-6-4-5-7-9-18-33/h10-16,20-21,35-36H,2-9,17-19,22-24H2,1H3,(H,34,37). The molecule has 5 rings (SSSR count). The van der Waals surface area contributed by atoms with Crippen LogP contribution in [0.25, 0.3) is 0 Å². The molecule has 3 aromatic rings. The van der Waals surface area contributed by atoms with Gasteiger partial charge in [-0.2, -0.15) is 0 Å². The Hall–Kier alpha value is -3.10. The zero-order chi connectivity index (χ0) is 28.7. The highest BCUT2D eigenvalue weighted by Crippen LogP contribution is 2.33. The lowest BCUT2D eigenvalue weighted by Crippen LogP contribution is -2.49. The second-order valence-corrected chi connectivity index (χ2v) is 13.6. The lowest BCUT2D eigenvalue weighted by atomic mass is 9.80. The molecule has 1 spiro atoms. The van der Waals surface area contributed by atoms with Crippen LogP contribution in [0, 0.1) is 0 Å². The third-order valence-corrected chi connectivity index (χ3v) is 10.3. The summed E-state index contributed by atoms with van der Waals surface area (Å²) < 4.78 is 32.1. The number of H-pyrrole nitrogens is 1. The summed E-state index contributed by atoms with van der Waals surface area (Å²) in [5.41, 5.74) is 3.91. The van der Waals surface area contributed by atoms with Gasteiger partial charge >= 0.3 is 0 Å². The number of rotatable bonds is 9. The van der Waals surface area contributed by atoms with Crippen molar-refractivity contribution in [2.45, 2.75) is 106 Å². The molecule has 8 heteroatoms. The minimum atomic E-state index is -3.68. The molecule has 0 atom stereocenters. The van der Waals surface area contributed by atoms with E-state index in [1.165, 1.54) is 62.6 Å². The average molecular weight is 578 g/mol. The number of hydrogen-bond acceptors (Lipinski definition) is 5. The van der Waals surface area contributed by atoms with Crippen LogP contribution >= 0.6 is 0 Å². The fourth-order valence-corrected chi connectivity index (χ4v) is 7.34. The SMILES string of the molecule is CCCCOc1cccc(S(=O)(=O)c2ccc(CNC(=O)c3cc4c([nH]3)CC3(CCCCCCCC3)NC4)cc2)c1. The molecule has 1 saturated carbocycles. The van der Waals surface area contributed by atoms with Crippen LogP contribution in [0.5, 0.6) is 5.75 Å². The molecular weight excluding hydrogens is 534 g/mol. The molecule has 0 radical (unpaired) electrons. The number of carbonyl (C=O) groups excluding carboxylic acids is 1. The third-order valence-electron chi connectivity index (χ3n) is 8.54. The molecule has 2 aromatic carbocycles. The zero-order valence-corrected chi connectivity index (χ0v) is 25.0. The molecule has 1 fully saturated rings. The smallest absolute Gasteiger partial charge is 0.267 e. The summed E-state index contributed by atoms with van der Waals surface area (Å²) in [5, 5.41) is 6.82. The van der Waals surface area contributed by atoms with Gasteiger partial charge in [0.1, 0.15) is 11.4 Å². The quantitative estimate of drug-likeness (QED) is 0.253. The van der Waals surface area contributed by atoms with E-state index < -0.39 is 9.84 Å². The molecule has 0 bridgehead atoms. The Kier molecular flexibility index (Phi) is 9.50. The van der Waals surface area contributed by atoms with E-state index >= 15 is 0 Å². The highest BCUT2D eigenvalue weighted by Gasteiger charge is 2.35. The lowest BCUT2D eigenvalue weighted by Gasteiger charge is -2.38. The minimum Gasteiger partial charge on any atom is -0.494 e. The monoisotopic (exact) mass is 577 g/mol. The Balaban J connectivity index is 1.19. The normalized spacial score (nSPS) is 17.2. The maximum absolute atomic E-state index is 13.2. The van der Waals surface area contributed by atoms with Crippen molar-refractivity contribution in [3.63, 3.8) is 0 Å². The van der Waals surface area contributed by atoms with Gasteiger partial charge in [-0.25, -0.2) is 8.42 Å². The van der Waals surface area contributed by atoms with Gasteiger partial charge in [0.2, 0.25) is 9.84 Å². The van der Waals surface area contributed by atoms with Crippen LogP contribution in [0.2, 0.25) is 0 Å². The second-order valence-electron chi connectivity index (χ2n) is 11.6. The van der Waals surface area contributed by atoms with Crippen LogP contribution in [-0.4, -0.2) is 31.5 Å². The van der Waals surface area contributed by atoms with Gasteiger partial charge in [-0.15, -0.1) is 0 Å². The summed E-state index contributed by atoms with van der Waals surface area (Å²) in [4.78, 5) is 16.8. The first kappa shape index (κ1) is 29.4. The highest BCUT2D eigenvalue weighted by atomic mass is 32.2. The van der Waals surface area contributed by atoms with Crippen LogP contribution in [0.4, 0.5) is 0 Å². The predicted octanol–water partition coefficient (Wildman–Crippen LogP) is 6.48. The number of unbranched alkanes of at least 4 members (excludes halogenated alkanes) is 1. The molecule has 41 heavy (non-hydrogen) atoms. The molecule has 220 valence electrons. The molecular formula is C33H43N3O4S. The van der Waals surface area contributed by atoms with E-state index in [9.17, 15) is 13.2 Å². The largest absolute Gasteiger partial charge is 0.494 e. The van der Waals surface area contributed by atoms with Crippen molar-refractivity contribution < 1.29 is 17.9 Å². The van der Waals surface area contributed by atoms with Crippen LogP contribution < -0.4 is 15.4 Å². The minimum absolute atomic E-state index is 0.140. The maximum atomic E-state index is 13.2. The van der Waals surface area contributed by atoms with E-state index in [0.717, 1.165) is 31.4 Å². The molecule has 2 aliphatic rings. The second kappa shape index (κ2) is 13.3. The van der Waals surface area contributed by atoms with Crippen molar-refractivity contribution in [2.24, 2.45) is 0 Å². The van der Waals surface area contributed by atoms with Gasteiger partial charge in [-0.1, -0.05) is 70.1 Å². The van der Waals surface area contributed by atoms with Gasteiger partial charge < -0.3 is 20.4 Å². The van der Waals surface area contributed by atoms with Gasteiger partial charge in [0.05, 0.1) is 16.4 Å². The number of aromatic nitrogens is 1. The number of fused-ring (bicyclic) bond motifs is 1. The number of ether oxygens (including phenoxy) is 1. The first-order valence-electron chi connectivity index (χ1n) is 15.2. The molecule has 2 heterocycles. The molecule has 7 nitrogen and oxygen atoms in total. The van der Waals surface area contributed by atoms with Gasteiger partial charge in [-0.3, -0.25) is 4.79 Å². The van der Waals surface area contributed by atoms with Crippen LogP contribution in [0.15, 0.2) is 64.4 Å². The number of hydrogen-bond donors (Lipinski definition) is 3. The van der Waals surface area contributed by atoms with Crippen molar-refractivity contribution in [3.05, 3.63) is 77.1 Å². The van der Waals surface area contributed by atoms with Crippen molar-refractivity contribution in [3.8, 4) is 5.75 Å². The first-order chi connectivity index (χ1) is 19.9. The summed E-state index contributed by atoms with van der Waals surface area (Å²) in [5.74, 6) is 0.399. The summed E-state index contributed by atoms with van der Waals surface area (Å²) >= 11 is 0. The number of amides is 1. The third kappa shape index (κ3) is 7.22. The molecule has 1 aromatic heterocycles. The van der Waals surface area contributed by atoms with Gasteiger partial charge in [0, 0.05) is 30.7 Å². The lowest BCUT2D eigenvalue weighted by molar-refractivity contribution is 0.0946. The Morgan fingerprint density at radius 1 is 0.951 bits per heavy atom. The van der Waals surface area contributed by atoms with Crippen molar-refractivity contribution >= 4 is 15.7 Å². The van der Waals surface area contributed by atoms with Crippen molar-refractivity contribution in [1.29, 1.82) is 0 Å². The van der Waals surface area contributed by atoms with Crippen LogP contribution in [-0.2, 0) is 29.3 Å². The fourth-order valence-electron chi connectivity index (χ4n) is 6.04. The van der Waals surface area contributed by atoms with E-state index in [2.05, 4.69) is 22.5 Å². The van der Waals surface area contributed by atoms with E-state index in [-0.39, 0.29) is 21.2 Å². The maximum Gasteiger partial charge on any atom is 0.267 e. The summed E-state index contributed by atoms with van der Waals surface area (Å²) in [6.45, 7) is 3.75. The summed E-state index contributed by atoms with van der Waals surface area (Å²) in [6, 6.07) is 15.3. The van der Waals surface area contributed by atoms with Crippen LogP contribution in [0.1, 0.15) is 98.4 Å². The topological polar surface area (TPSA) is 100 Å².